The van der Waals surface area contributed by atoms with Gasteiger partial charge in [0.15, 0.2) is 5.75 Å². The highest BCUT2D eigenvalue weighted by Gasteiger charge is 2.07. The number of hydrogen-bond acceptors (Lipinski definition) is 3. The molecule has 4 nitrogen and oxygen atoms in total. The Morgan fingerprint density at radius 3 is 2.70 bits per heavy atom. The van der Waals surface area contributed by atoms with Crippen molar-refractivity contribution in [2.45, 2.75) is 6.42 Å². The molecular formula is C16H13BrClFN2O2. The summed E-state index contributed by atoms with van der Waals surface area (Å²) in [7, 11) is 1.52. The largest absolute Gasteiger partial charge is 0.494 e. The second-order valence-electron chi connectivity index (χ2n) is 4.61. The first-order chi connectivity index (χ1) is 11.0. The summed E-state index contributed by atoms with van der Waals surface area (Å²) in [4.78, 5) is 11.7. The van der Waals surface area contributed by atoms with Crippen LogP contribution in [0.3, 0.4) is 0 Å². The van der Waals surface area contributed by atoms with E-state index >= 15 is 0 Å². The molecule has 0 radical (unpaired) electrons. The topological polar surface area (TPSA) is 50.7 Å². The number of halogens is 3. The summed E-state index contributed by atoms with van der Waals surface area (Å²) in [5.41, 5.74) is 3.81. The average molecular weight is 400 g/mol. The number of rotatable bonds is 5. The quantitative estimate of drug-likeness (QED) is 0.611. The molecule has 0 aliphatic carbocycles. The van der Waals surface area contributed by atoms with Gasteiger partial charge in [0.05, 0.1) is 29.2 Å². The number of nitrogens with one attached hydrogen (secondary N) is 1. The first-order valence-electron chi connectivity index (χ1n) is 6.59. The number of amides is 1. The Balaban J connectivity index is 1.96. The predicted octanol–water partition coefficient (Wildman–Crippen LogP) is 3.94. The highest BCUT2D eigenvalue weighted by Crippen LogP contribution is 2.33. The minimum absolute atomic E-state index is 0.116. The molecular weight excluding hydrogens is 387 g/mol. The minimum atomic E-state index is -0.339. The van der Waals surface area contributed by atoms with E-state index in [0.29, 0.717) is 26.4 Å². The molecule has 0 fully saturated rings. The number of nitrogens with zero attached hydrogens (tertiary/aromatic N) is 1. The van der Waals surface area contributed by atoms with E-state index in [-0.39, 0.29) is 18.1 Å². The first-order valence-corrected chi connectivity index (χ1v) is 7.76. The summed E-state index contributed by atoms with van der Waals surface area (Å²) in [6.07, 6.45) is 1.59. The number of hydrazone groups is 1. The third-order valence-corrected chi connectivity index (χ3v) is 3.78. The van der Waals surface area contributed by atoms with Crippen LogP contribution in [0.2, 0.25) is 5.02 Å². The average Bonchev–Trinajstić information content (AvgIpc) is 2.49. The van der Waals surface area contributed by atoms with E-state index in [1.807, 2.05) is 0 Å². The van der Waals surface area contributed by atoms with Crippen LogP contribution < -0.4 is 10.2 Å². The summed E-state index contributed by atoms with van der Waals surface area (Å²) in [6, 6.07) is 9.16. The van der Waals surface area contributed by atoms with Gasteiger partial charge in [-0.2, -0.15) is 5.10 Å². The molecule has 7 heteroatoms. The third kappa shape index (κ3) is 5.04. The summed E-state index contributed by atoms with van der Waals surface area (Å²) >= 11 is 9.40. The van der Waals surface area contributed by atoms with Crippen molar-refractivity contribution in [1.82, 2.24) is 5.43 Å². The molecule has 120 valence electrons. The Morgan fingerprint density at radius 1 is 1.39 bits per heavy atom. The van der Waals surface area contributed by atoms with Crippen LogP contribution >= 0.6 is 27.5 Å². The van der Waals surface area contributed by atoms with Gasteiger partial charge in [-0.1, -0.05) is 23.7 Å². The Hall–Kier alpha value is -1.92. The van der Waals surface area contributed by atoms with Gasteiger partial charge in [-0.3, -0.25) is 4.79 Å². The molecule has 0 aromatic heterocycles. The maximum Gasteiger partial charge on any atom is 0.244 e. The normalized spacial score (nSPS) is 10.8. The van der Waals surface area contributed by atoms with Gasteiger partial charge < -0.3 is 4.74 Å². The van der Waals surface area contributed by atoms with Crippen LogP contribution in [0.5, 0.6) is 5.75 Å². The third-order valence-electron chi connectivity index (χ3n) is 2.91. The zero-order chi connectivity index (χ0) is 16.8. The lowest BCUT2D eigenvalue weighted by molar-refractivity contribution is -0.120. The summed E-state index contributed by atoms with van der Waals surface area (Å²) in [6.45, 7) is 0. The SMILES string of the molecule is COc1c(Cl)cc(/C=N/NC(=O)Cc2ccc(F)cc2)cc1Br. The van der Waals surface area contributed by atoms with Gasteiger partial charge in [0.25, 0.3) is 0 Å². The number of ether oxygens (including phenoxy) is 1. The molecule has 0 heterocycles. The van der Waals surface area contributed by atoms with Gasteiger partial charge in [0.2, 0.25) is 5.91 Å². The zero-order valence-electron chi connectivity index (χ0n) is 12.1. The van der Waals surface area contributed by atoms with Crippen molar-refractivity contribution in [3.8, 4) is 5.75 Å². The molecule has 0 saturated heterocycles. The van der Waals surface area contributed by atoms with Crippen molar-refractivity contribution in [2.75, 3.05) is 7.11 Å². The van der Waals surface area contributed by atoms with Crippen LogP contribution in [0, 0.1) is 5.82 Å². The van der Waals surface area contributed by atoms with Crippen molar-refractivity contribution in [3.63, 3.8) is 0 Å². The Kier molecular flexibility index (Phi) is 6.12. The van der Waals surface area contributed by atoms with Crippen molar-refractivity contribution in [1.29, 1.82) is 0 Å². The fraction of sp³-hybridized carbons (Fsp3) is 0.125. The van der Waals surface area contributed by atoms with Gasteiger partial charge >= 0.3 is 0 Å². The second-order valence-corrected chi connectivity index (χ2v) is 5.88. The second kappa shape index (κ2) is 8.08. The molecule has 23 heavy (non-hydrogen) atoms. The Morgan fingerprint density at radius 2 is 2.09 bits per heavy atom. The van der Waals surface area contributed by atoms with Crippen LogP contribution in [-0.4, -0.2) is 19.2 Å². The van der Waals surface area contributed by atoms with E-state index < -0.39 is 0 Å². The van der Waals surface area contributed by atoms with Crippen molar-refractivity contribution in [3.05, 3.63) is 62.8 Å². The van der Waals surface area contributed by atoms with Crippen LogP contribution in [0.4, 0.5) is 4.39 Å². The van der Waals surface area contributed by atoms with Crippen molar-refractivity contribution < 1.29 is 13.9 Å². The van der Waals surface area contributed by atoms with Gasteiger partial charge in [-0.05, 0) is 51.3 Å². The molecule has 0 atom stereocenters. The van der Waals surface area contributed by atoms with E-state index in [0.717, 1.165) is 0 Å². The van der Waals surface area contributed by atoms with E-state index in [9.17, 15) is 9.18 Å². The monoisotopic (exact) mass is 398 g/mol. The molecule has 1 N–H and O–H groups in total. The fourth-order valence-electron chi connectivity index (χ4n) is 1.86. The molecule has 2 aromatic rings. The number of carbonyl (C=O) groups is 1. The number of carbonyl (C=O) groups excluding carboxylic acids is 1. The highest BCUT2D eigenvalue weighted by atomic mass is 79.9. The minimum Gasteiger partial charge on any atom is -0.494 e. The lowest BCUT2D eigenvalue weighted by Crippen LogP contribution is -2.19. The van der Waals surface area contributed by atoms with Crippen LogP contribution in [-0.2, 0) is 11.2 Å². The van der Waals surface area contributed by atoms with Gasteiger partial charge in [0.1, 0.15) is 5.82 Å². The van der Waals surface area contributed by atoms with Gasteiger partial charge in [-0.25, -0.2) is 9.82 Å². The van der Waals surface area contributed by atoms with Crippen molar-refractivity contribution in [2.24, 2.45) is 5.10 Å². The molecule has 0 spiro atoms. The lowest BCUT2D eigenvalue weighted by Gasteiger charge is -2.06. The summed E-state index contributed by atoms with van der Waals surface area (Å²) in [5, 5.41) is 4.31. The molecule has 0 saturated carbocycles. The van der Waals surface area contributed by atoms with Crippen LogP contribution in [0.1, 0.15) is 11.1 Å². The molecule has 0 aliphatic rings. The van der Waals surface area contributed by atoms with E-state index in [2.05, 4.69) is 26.5 Å². The lowest BCUT2D eigenvalue weighted by atomic mass is 10.1. The van der Waals surface area contributed by atoms with Crippen LogP contribution in [0.15, 0.2) is 46.0 Å². The molecule has 0 unspecified atom stereocenters. The van der Waals surface area contributed by atoms with E-state index in [4.69, 9.17) is 16.3 Å². The Labute approximate surface area is 146 Å². The first kappa shape index (κ1) is 17.4. The fourth-order valence-corrected chi connectivity index (χ4v) is 2.91. The summed E-state index contributed by atoms with van der Waals surface area (Å²) < 4.78 is 18.6. The molecule has 0 bridgehead atoms. The maximum atomic E-state index is 12.8. The molecule has 0 aliphatic heterocycles. The summed E-state index contributed by atoms with van der Waals surface area (Å²) in [5.74, 6) is -0.107. The Bertz CT molecular complexity index is 712. The smallest absolute Gasteiger partial charge is 0.244 e. The molecule has 2 aromatic carbocycles. The van der Waals surface area contributed by atoms with Crippen LogP contribution in [0.25, 0.3) is 0 Å². The predicted molar refractivity (Wildman–Crippen MR) is 91.5 cm³/mol. The van der Waals surface area contributed by atoms with E-state index in [1.54, 1.807) is 24.3 Å². The zero-order valence-corrected chi connectivity index (χ0v) is 14.5. The molecule has 2 rings (SSSR count). The van der Waals surface area contributed by atoms with Crippen molar-refractivity contribution >= 4 is 39.7 Å². The van der Waals surface area contributed by atoms with Gasteiger partial charge in [-0.15, -0.1) is 0 Å². The maximum absolute atomic E-state index is 12.8. The number of hydrogen-bond donors (Lipinski definition) is 1. The number of methoxy groups -OCH3 is 1. The molecule has 1 amide bonds. The highest BCUT2D eigenvalue weighted by molar-refractivity contribution is 9.10. The number of benzene rings is 2. The standard InChI is InChI=1S/C16H13BrClFN2O2/c1-23-16-13(17)6-11(7-14(16)18)9-20-21-15(22)8-10-2-4-12(19)5-3-10/h2-7,9H,8H2,1H3,(H,21,22)/b20-9+. The van der Waals surface area contributed by atoms with Gasteiger partial charge in [0, 0.05) is 0 Å². The van der Waals surface area contributed by atoms with E-state index in [1.165, 1.54) is 25.5 Å².